The molecule has 3 rings (SSSR count). The van der Waals surface area contributed by atoms with Crippen molar-refractivity contribution in [1.29, 1.82) is 0 Å². The minimum atomic E-state index is -3.72. The Morgan fingerprint density at radius 3 is 2.40 bits per heavy atom. The highest BCUT2D eigenvalue weighted by Crippen LogP contribution is 2.21. The topological polar surface area (TPSA) is 94.3 Å². The van der Waals surface area contributed by atoms with Crippen molar-refractivity contribution in [2.75, 3.05) is 7.11 Å². The Balaban J connectivity index is 1.77. The molecule has 0 aliphatic carbocycles. The van der Waals surface area contributed by atoms with Crippen molar-refractivity contribution in [3.8, 4) is 17.1 Å². The molecule has 3 aromatic rings. The molecule has 130 valence electrons. The first-order valence-electron chi connectivity index (χ1n) is 7.55. The molecule has 0 spiro atoms. The van der Waals surface area contributed by atoms with Gasteiger partial charge in [-0.25, -0.2) is 8.42 Å². The Morgan fingerprint density at radius 1 is 1.08 bits per heavy atom. The van der Waals surface area contributed by atoms with Gasteiger partial charge in [0.1, 0.15) is 5.75 Å². The molecule has 1 N–H and O–H groups in total. The van der Waals surface area contributed by atoms with Gasteiger partial charge in [-0.3, -0.25) is 0 Å². The maximum Gasteiger partial charge on any atom is 0.244 e. The second-order valence-corrected chi connectivity index (χ2v) is 7.05. The van der Waals surface area contributed by atoms with Crippen molar-refractivity contribution in [1.82, 2.24) is 14.9 Å². The molecule has 8 heteroatoms. The van der Waals surface area contributed by atoms with Crippen LogP contribution in [0.25, 0.3) is 11.4 Å². The summed E-state index contributed by atoms with van der Waals surface area (Å²) in [5.74, 6) is 1.18. The highest BCUT2D eigenvalue weighted by atomic mass is 32.2. The molecule has 0 aliphatic heterocycles. The number of ether oxygens (including phenoxy) is 1. The minimum Gasteiger partial charge on any atom is -0.497 e. The summed E-state index contributed by atoms with van der Waals surface area (Å²) in [6.07, 6.45) is 0. The summed E-state index contributed by atoms with van der Waals surface area (Å²) in [6, 6.07) is 14.7. The Kier molecular flexibility index (Phi) is 4.82. The Morgan fingerprint density at radius 2 is 1.76 bits per heavy atom. The van der Waals surface area contributed by atoms with Gasteiger partial charge in [0.25, 0.3) is 0 Å². The molecule has 0 bridgehead atoms. The molecule has 0 amide bonds. The van der Waals surface area contributed by atoms with Crippen LogP contribution in [0.4, 0.5) is 0 Å². The zero-order valence-corrected chi connectivity index (χ0v) is 14.5. The minimum absolute atomic E-state index is 0.128. The average molecular weight is 359 g/mol. The lowest BCUT2D eigenvalue weighted by atomic mass is 10.2. The fraction of sp³-hybridized carbons (Fsp3) is 0.176. The van der Waals surface area contributed by atoms with E-state index in [0.29, 0.717) is 11.6 Å². The van der Waals surface area contributed by atoms with E-state index in [1.165, 1.54) is 19.2 Å². The highest BCUT2D eigenvalue weighted by Gasteiger charge is 2.22. The Hall–Kier alpha value is -2.71. The first-order valence-corrected chi connectivity index (χ1v) is 9.03. The molecule has 7 nitrogen and oxygen atoms in total. The van der Waals surface area contributed by atoms with E-state index in [0.717, 1.165) is 5.56 Å². The van der Waals surface area contributed by atoms with Crippen LogP contribution in [0.2, 0.25) is 0 Å². The summed E-state index contributed by atoms with van der Waals surface area (Å²) < 4.78 is 37.6. The van der Waals surface area contributed by atoms with Crippen molar-refractivity contribution in [3.05, 3.63) is 60.5 Å². The molecule has 1 unspecified atom stereocenters. The van der Waals surface area contributed by atoms with Crippen LogP contribution in [-0.2, 0) is 10.0 Å². The number of sulfonamides is 1. The average Bonchev–Trinajstić information content (AvgIpc) is 3.12. The molecular formula is C17H17N3O4S. The van der Waals surface area contributed by atoms with E-state index in [-0.39, 0.29) is 10.8 Å². The third kappa shape index (κ3) is 3.86. The quantitative estimate of drug-likeness (QED) is 0.727. The second-order valence-electron chi connectivity index (χ2n) is 5.34. The number of hydrogen-bond donors (Lipinski definition) is 1. The third-order valence-electron chi connectivity index (χ3n) is 3.55. The van der Waals surface area contributed by atoms with Crippen LogP contribution < -0.4 is 9.46 Å². The van der Waals surface area contributed by atoms with E-state index in [4.69, 9.17) is 9.26 Å². The van der Waals surface area contributed by atoms with Gasteiger partial charge in [0.15, 0.2) is 0 Å². The van der Waals surface area contributed by atoms with Gasteiger partial charge in [-0.15, -0.1) is 0 Å². The standard InChI is InChI=1S/C17H17N3O4S/c1-12(17-18-16(19-24-17)13-6-4-3-5-7-13)20-25(21,22)15-10-8-14(23-2)9-11-15/h3-12,20H,1-2H3. The summed E-state index contributed by atoms with van der Waals surface area (Å²) >= 11 is 0. The molecule has 1 aromatic heterocycles. The molecule has 1 atom stereocenters. The predicted octanol–water partition coefficient (Wildman–Crippen LogP) is 2.78. The monoisotopic (exact) mass is 359 g/mol. The van der Waals surface area contributed by atoms with Gasteiger partial charge >= 0.3 is 0 Å². The summed E-state index contributed by atoms with van der Waals surface area (Å²) in [4.78, 5) is 4.39. The van der Waals surface area contributed by atoms with Crippen LogP contribution in [0.3, 0.4) is 0 Å². The maximum absolute atomic E-state index is 12.5. The number of hydrogen-bond acceptors (Lipinski definition) is 6. The molecule has 2 aromatic carbocycles. The number of aromatic nitrogens is 2. The molecule has 0 saturated carbocycles. The van der Waals surface area contributed by atoms with Crippen LogP contribution in [0, 0.1) is 0 Å². The lowest BCUT2D eigenvalue weighted by Crippen LogP contribution is -2.27. The van der Waals surface area contributed by atoms with Crippen LogP contribution in [0.5, 0.6) is 5.75 Å². The van der Waals surface area contributed by atoms with Gasteiger partial charge in [0, 0.05) is 5.56 Å². The third-order valence-corrected chi connectivity index (χ3v) is 5.10. The fourth-order valence-electron chi connectivity index (χ4n) is 2.22. The molecule has 0 fully saturated rings. The zero-order valence-electron chi connectivity index (χ0n) is 13.7. The highest BCUT2D eigenvalue weighted by molar-refractivity contribution is 7.89. The van der Waals surface area contributed by atoms with Crippen molar-refractivity contribution in [2.45, 2.75) is 17.9 Å². The fourth-order valence-corrected chi connectivity index (χ4v) is 3.42. The predicted molar refractivity (Wildman–Crippen MR) is 91.5 cm³/mol. The van der Waals surface area contributed by atoms with Gasteiger partial charge in [0.05, 0.1) is 18.0 Å². The first-order chi connectivity index (χ1) is 12.0. The smallest absolute Gasteiger partial charge is 0.244 e. The van der Waals surface area contributed by atoms with E-state index < -0.39 is 16.1 Å². The van der Waals surface area contributed by atoms with Crippen LogP contribution in [-0.4, -0.2) is 25.7 Å². The molecule has 25 heavy (non-hydrogen) atoms. The van der Waals surface area contributed by atoms with E-state index in [1.54, 1.807) is 19.1 Å². The summed E-state index contributed by atoms with van der Waals surface area (Å²) in [6.45, 7) is 1.64. The normalized spacial score (nSPS) is 12.7. The molecule has 0 radical (unpaired) electrons. The molecule has 1 heterocycles. The summed E-state index contributed by atoms with van der Waals surface area (Å²) in [5.41, 5.74) is 0.794. The SMILES string of the molecule is COc1ccc(S(=O)(=O)NC(C)c2nc(-c3ccccc3)no2)cc1. The van der Waals surface area contributed by atoms with Crippen LogP contribution in [0.15, 0.2) is 64.0 Å². The lowest BCUT2D eigenvalue weighted by molar-refractivity contribution is 0.354. The maximum atomic E-state index is 12.5. The Labute approximate surface area is 145 Å². The van der Waals surface area contributed by atoms with Crippen molar-refractivity contribution in [2.24, 2.45) is 0 Å². The van der Waals surface area contributed by atoms with Crippen molar-refractivity contribution >= 4 is 10.0 Å². The number of nitrogens with zero attached hydrogens (tertiary/aromatic N) is 2. The van der Waals surface area contributed by atoms with Crippen molar-refractivity contribution < 1.29 is 17.7 Å². The van der Waals surface area contributed by atoms with Gasteiger partial charge in [-0.2, -0.15) is 9.71 Å². The van der Waals surface area contributed by atoms with Gasteiger partial charge in [0.2, 0.25) is 21.7 Å². The second kappa shape index (κ2) is 7.04. The van der Waals surface area contributed by atoms with E-state index >= 15 is 0 Å². The number of methoxy groups -OCH3 is 1. The Bertz CT molecular complexity index is 938. The lowest BCUT2D eigenvalue weighted by Gasteiger charge is -2.11. The zero-order chi connectivity index (χ0) is 17.9. The number of benzene rings is 2. The van der Waals surface area contributed by atoms with E-state index in [2.05, 4.69) is 14.9 Å². The van der Waals surface area contributed by atoms with E-state index in [1.807, 2.05) is 30.3 Å². The molecular weight excluding hydrogens is 342 g/mol. The van der Waals surface area contributed by atoms with Gasteiger partial charge in [-0.05, 0) is 31.2 Å². The molecule has 0 saturated heterocycles. The van der Waals surface area contributed by atoms with Crippen LogP contribution in [0.1, 0.15) is 18.9 Å². The van der Waals surface area contributed by atoms with E-state index in [9.17, 15) is 8.42 Å². The van der Waals surface area contributed by atoms with Crippen LogP contribution >= 0.6 is 0 Å². The van der Waals surface area contributed by atoms with Gasteiger partial charge in [-0.1, -0.05) is 35.5 Å². The largest absolute Gasteiger partial charge is 0.497 e. The molecule has 0 aliphatic rings. The van der Waals surface area contributed by atoms with Crippen molar-refractivity contribution in [3.63, 3.8) is 0 Å². The number of rotatable bonds is 6. The van der Waals surface area contributed by atoms with Gasteiger partial charge < -0.3 is 9.26 Å². The summed E-state index contributed by atoms with van der Waals surface area (Å²) in [7, 11) is -2.20. The first kappa shape index (κ1) is 17.1. The number of nitrogens with one attached hydrogen (secondary N) is 1. The summed E-state index contributed by atoms with van der Waals surface area (Å²) in [5, 5.41) is 3.90.